The van der Waals surface area contributed by atoms with E-state index < -0.39 is 0 Å². The number of benzene rings is 2. The van der Waals surface area contributed by atoms with E-state index in [9.17, 15) is 4.39 Å². The summed E-state index contributed by atoms with van der Waals surface area (Å²) < 4.78 is 14.3. The molecule has 2 aromatic rings. The summed E-state index contributed by atoms with van der Waals surface area (Å²) in [4.78, 5) is 0. The largest absolute Gasteiger partial charge is 0.206 e. The molecule has 0 N–H and O–H groups in total. The summed E-state index contributed by atoms with van der Waals surface area (Å²) >= 11 is 9.19. The summed E-state index contributed by atoms with van der Waals surface area (Å²) in [6.07, 6.45) is 0. The van der Waals surface area contributed by atoms with Crippen LogP contribution < -0.4 is 0 Å². The Morgan fingerprint density at radius 2 is 1.73 bits per heavy atom. The number of hydrogen-bond donors (Lipinski definition) is 0. The van der Waals surface area contributed by atoms with E-state index in [2.05, 4.69) is 15.9 Å². The molecule has 0 aliphatic carbocycles. The molecule has 0 radical (unpaired) electrons. The Morgan fingerprint density at radius 1 is 1.07 bits per heavy atom. The van der Waals surface area contributed by atoms with E-state index >= 15 is 0 Å². The minimum atomic E-state index is -0.319. The van der Waals surface area contributed by atoms with Gasteiger partial charge >= 0.3 is 0 Å². The maximum absolute atomic E-state index is 13.7. The lowest BCUT2D eigenvalue weighted by atomic mass is 10.1. The van der Waals surface area contributed by atoms with Crippen molar-refractivity contribution < 1.29 is 4.39 Å². The third-order valence-corrected chi connectivity index (χ3v) is 2.83. The molecular formula is C12H7BrClF. The van der Waals surface area contributed by atoms with E-state index in [1.165, 1.54) is 6.07 Å². The van der Waals surface area contributed by atoms with Gasteiger partial charge in [-0.05, 0) is 17.7 Å². The van der Waals surface area contributed by atoms with Gasteiger partial charge in [0.05, 0.1) is 5.02 Å². The molecule has 0 nitrogen and oxygen atoms in total. The smallest absolute Gasteiger partial charge is 0.133 e. The summed E-state index contributed by atoms with van der Waals surface area (Å²) in [5.74, 6) is -0.319. The highest BCUT2D eigenvalue weighted by Crippen LogP contribution is 2.32. The molecule has 0 aliphatic rings. The van der Waals surface area contributed by atoms with Crippen molar-refractivity contribution in [2.75, 3.05) is 0 Å². The Morgan fingerprint density at radius 3 is 2.33 bits per heavy atom. The molecule has 76 valence electrons. The molecule has 3 heteroatoms. The third-order valence-electron chi connectivity index (χ3n) is 2.07. The highest BCUT2D eigenvalue weighted by molar-refractivity contribution is 9.10. The van der Waals surface area contributed by atoms with Gasteiger partial charge in [0, 0.05) is 10.0 Å². The van der Waals surface area contributed by atoms with Crippen LogP contribution >= 0.6 is 27.5 Å². The quantitative estimate of drug-likeness (QED) is 0.698. The Kier molecular flexibility index (Phi) is 3.08. The van der Waals surface area contributed by atoms with Crippen molar-refractivity contribution in [2.45, 2.75) is 0 Å². The molecular weight excluding hydrogens is 278 g/mol. The van der Waals surface area contributed by atoms with Crippen molar-refractivity contribution in [3.63, 3.8) is 0 Å². The molecule has 0 atom stereocenters. The first-order valence-electron chi connectivity index (χ1n) is 4.38. The van der Waals surface area contributed by atoms with E-state index in [0.29, 0.717) is 15.1 Å². The number of rotatable bonds is 1. The monoisotopic (exact) mass is 284 g/mol. The van der Waals surface area contributed by atoms with Crippen LogP contribution in [0.2, 0.25) is 5.02 Å². The van der Waals surface area contributed by atoms with E-state index in [1.807, 2.05) is 30.3 Å². The summed E-state index contributed by atoms with van der Waals surface area (Å²) in [5, 5.41) is 0.410. The van der Waals surface area contributed by atoms with Gasteiger partial charge in [0.1, 0.15) is 5.82 Å². The zero-order valence-corrected chi connectivity index (χ0v) is 10.0. The standard InChI is InChI=1S/C12H7BrClF/c13-9-6-10(14)12(11(15)7-9)8-4-2-1-3-5-8/h1-7H. The zero-order valence-electron chi connectivity index (χ0n) is 7.68. The van der Waals surface area contributed by atoms with Gasteiger partial charge in [0.25, 0.3) is 0 Å². The first kappa shape index (κ1) is 10.7. The molecule has 2 rings (SSSR count). The highest BCUT2D eigenvalue weighted by atomic mass is 79.9. The molecule has 0 saturated heterocycles. The van der Waals surface area contributed by atoms with Crippen LogP contribution in [0.1, 0.15) is 0 Å². The molecule has 0 unspecified atom stereocenters. The molecule has 0 amide bonds. The maximum atomic E-state index is 13.7. The lowest BCUT2D eigenvalue weighted by molar-refractivity contribution is 0.630. The van der Waals surface area contributed by atoms with Crippen LogP contribution in [0.5, 0.6) is 0 Å². The molecule has 0 spiro atoms. The lowest BCUT2D eigenvalue weighted by Crippen LogP contribution is -1.86. The topological polar surface area (TPSA) is 0 Å². The average molecular weight is 286 g/mol. The van der Waals surface area contributed by atoms with Crippen LogP contribution in [0, 0.1) is 5.82 Å². The Labute approximate surface area is 101 Å². The molecule has 0 bridgehead atoms. The van der Waals surface area contributed by atoms with Gasteiger partial charge in [-0.3, -0.25) is 0 Å². The van der Waals surface area contributed by atoms with Crippen LogP contribution in [0.4, 0.5) is 4.39 Å². The van der Waals surface area contributed by atoms with Crippen molar-refractivity contribution in [2.24, 2.45) is 0 Å². The summed E-state index contributed by atoms with van der Waals surface area (Å²) in [5.41, 5.74) is 1.23. The van der Waals surface area contributed by atoms with Crippen LogP contribution in [-0.4, -0.2) is 0 Å². The van der Waals surface area contributed by atoms with Crippen molar-refractivity contribution in [3.05, 3.63) is 57.8 Å². The lowest BCUT2D eigenvalue weighted by Gasteiger charge is -2.06. The predicted octanol–water partition coefficient (Wildman–Crippen LogP) is 4.91. The van der Waals surface area contributed by atoms with Crippen LogP contribution in [0.25, 0.3) is 11.1 Å². The molecule has 0 saturated carbocycles. The maximum Gasteiger partial charge on any atom is 0.133 e. The normalized spacial score (nSPS) is 10.3. The Bertz CT molecular complexity index is 459. The van der Waals surface area contributed by atoms with E-state index in [1.54, 1.807) is 6.07 Å². The minimum Gasteiger partial charge on any atom is -0.206 e. The van der Waals surface area contributed by atoms with Crippen LogP contribution in [0.3, 0.4) is 0 Å². The third kappa shape index (κ3) is 2.21. The van der Waals surface area contributed by atoms with E-state index in [4.69, 9.17) is 11.6 Å². The van der Waals surface area contributed by atoms with Gasteiger partial charge in [-0.1, -0.05) is 57.9 Å². The Hall–Kier alpha value is -0.860. The van der Waals surface area contributed by atoms with Gasteiger partial charge in [-0.15, -0.1) is 0 Å². The van der Waals surface area contributed by atoms with Crippen molar-refractivity contribution in [3.8, 4) is 11.1 Å². The van der Waals surface area contributed by atoms with Gasteiger partial charge in [0.15, 0.2) is 0 Å². The first-order chi connectivity index (χ1) is 7.18. The van der Waals surface area contributed by atoms with Gasteiger partial charge in [0.2, 0.25) is 0 Å². The summed E-state index contributed by atoms with van der Waals surface area (Å²) in [6, 6.07) is 12.4. The minimum absolute atomic E-state index is 0.319. The molecule has 0 fully saturated rings. The second kappa shape index (κ2) is 4.33. The zero-order chi connectivity index (χ0) is 10.8. The fourth-order valence-electron chi connectivity index (χ4n) is 1.42. The average Bonchev–Trinajstić information content (AvgIpc) is 2.17. The van der Waals surface area contributed by atoms with Gasteiger partial charge in [-0.2, -0.15) is 0 Å². The van der Waals surface area contributed by atoms with Crippen LogP contribution in [-0.2, 0) is 0 Å². The second-order valence-electron chi connectivity index (χ2n) is 3.11. The molecule has 0 aromatic heterocycles. The fourth-order valence-corrected chi connectivity index (χ4v) is 2.30. The summed E-state index contributed by atoms with van der Waals surface area (Å²) in [6.45, 7) is 0. The van der Waals surface area contributed by atoms with Crippen molar-refractivity contribution >= 4 is 27.5 Å². The SMILES string of the molecule is Fc1cc(Br)cc(Cl)c1-c1ccccc1. The second-order valence-corrected chi connectivity index (χ2v) is 4.43. The van der Waals surface area contributed by atoms with E-state index in [0.717, 1.165) is 5.56 Å². The van der Waals surface area contributed by atoms with Crippen LogP contribution in [0.15, 0.2) is 46.9 Å². The molecule has 15 heavy (non-hydrogen) atoms. The molecule has 0 aliphatic heterocycles. The summed E-state index contributed by atoms with van der Waals surface area (Å²) in [7, 11) is 0. The molecule has 2 aromatic carbocycles. The fraction of sp³-hybridized carbons (Fsp3) is 0. The Balaban J connectivity index is 2.64. The molecule has 0 heterocycles. The van der Waals surface area contributed by atoms with Crippen molar-refractivity contribution in [1.29, 1.82) is 0 Å². The number of halogens is 3. The predicted molar refractivity (Wildman–Crippen MR) is 64.5 cm³/mol. The van der Waals surface area contributed by atoms with Gasteiger partial charge < -0.3 is 0 Å². The van der Waals surface area contributed by atoms with Gasteiger partial charge in [-0.25, -0.2) is 4.39 Å². The number of hydrogen-bond acceptors (Lipinski definition) is 0. The highest BCUT2D eigenvalue weighted by Gasteiger charge is 2.10. The van der Waals surface area contributed by atoms with Crippen molar-refractivity contribution in [1.82, 2.24) is 0 Å². The van der Waals surface area contributed by atoms with E-state index in [-0.39, 0.29) is 5.82 Å². The first-order valence-corrected chi connectivity index (χ1v) is 5.55.